The topological polar surface area (TPSA) is 33.1 Å². The first-order valence-electron chi connectivity index (χ1n) is 7.53. The fourth-order valence-corrected chi connectivity index (χ4v) is 2.28. The normalized spacial score (nSPS) is 12.6. The Morgan fingerprint density at radius 1 is 1.11 bits per heavy atom. The molecule has 1 rings (SSSR count). The highest BCUT2D eigenvalue weighted by atomic mass is 19.1. The Balaban J connectivity index is 2.08. The number of nitrogens with zero attached hydrogens (tertiary/aromatic N) is 1. The summed E-state index contributed by atoms with van der Waals surface area (Å²) in [6.07, 6.45) is 12.5. The van der Waals surface area contributed by atoms with Crippen molar-refractivity contribution in [1.29, 1.82) is 0 Å². The summed E-state index contributed by atoms with van der Waals surface area (Å²) in [5.41, 5.74) is 0.373. The molecule has 0 aliphatic carbocycles. The summed E-state index contributed by atoms with van der Waals surface area (Å²) in [5.74, 6) is -0.408. The van der Waals surface area contributed by atoms with Crippen LogP contribution in [0.15, 0.2) is 18.5 Å². The van der Waals surface area contributed by atoms with Gasteiger partial charge in [0.25, 0.3) is 0 Å². The Morgan fingerprint density at radius 2 is 1.74 bits per heavy atom. The summed E-state index contributed by atoms with van der Waals surface area (Å²) in [7, 11) is 0. The highest BCUT2D eigenvalue weighted by Gasteiger charge is 2.11. The number of hydrogen-bond donors (Lipinski definition) is 1. The molecule has 0 bridgehead atoms. The van der Waals surface area contributed by atoms with E-state index in [0.29, 0.717) is 12.0 Å². The number of hydrogen-bond acceptors (Lipinski definition) is 2. The zero-order chi connectivity index (χ0) is 13.9. The van der Waals surface area contributed by atoms with E-state index in [9.17, 15) is 9.50 Å². The lowest BCUT2D eigenvalue weighted by Gasteiger charge is -2.11. The van der Waals surface area contributed by atoms with Crippen molar-refractivity contribution in [1.82, 2.24) is 4.98 Å². The van der Waals surface area contributed by atoms with Gasteiger partial charge < -0.3 is 5.11 Å². The predicted octanol–water partition coefficient (Wildman–Crippen LogP) is 4.78. The third-order valence-corrected chi connectivity index (χ3v) is 3.49. The molecule has 0 aliphatic heterocycles. The first-order chi connectivity index (χ1) is 9.25. The molecule has 0 fully saturated rings. The number of halogens is 1. The quantitative estimate of drug-likeness (QED) is 0.618. The fraction of sp³-hybridized carbons (Fsp3) is 0.688. The minimum absolute atomic E-state index is 0.373. The van der Waals surface area contributed by atoms with Gasteiger partial charge in [0.1, 0.15) is 5.82 Å². The summed E-state index contributed by atoms with van der Waals surface area (Å²) in [6, 6.07) is 1.56. The van der Waals surface area contributed by atoms with E-state index < -0.39 is 11.9 Å². The highest BCUT2D eigenvalue weighted by Crippen LogP contribution is 2.22. The first-order valence-corrected chi connectivity index (χ1v) is 7.53. The van der Waals surface area contributed by atoms with Gasteiger partial charge >= 0.3 is 0 Å². The van der Waals surface area contributed by atoms with E-state index in [4.69, 9.17) is 0 Å². The van der Waals surface area contributed by atoms with Crippen LogP contribution in [0, 0.1) is 5.82 Å². The molecule has 108 valence electrons. The summed E-state index contributed by atoms with van der Waals surface area (Å²) >= 11 is 0. The molecule has 0 spiro atoms. The van der Waals surface area contributed by atoms with Crippen LogP contribution in [-0.4, -0.2) is 10.1 Å². The van der Waals surface area contributed by atoms with Crippen LogP contribution in [0.4, 0.5) is 4.39 Å². The van der Waals surface area contributed by atoms with Gasteiger partial charge in [0.2, 0.25) is 0 Å². The fourth-order valence-electron chi connectivity index (χ4n) is 2.28. The van der Waals surface area contributed by atoms with E-state index in [2.05, 4.69) is 11.9 Å². The summed E-state index contributed by atoms with van der Waals surface area (Å²) < 4.78 is 13.4. The van der Waals surface area contributed by atoms with E-state index >= 15 is 0 Å². The Morgan fingerprint density at radius 3 is 2.37 bits per heavy atom. The maximum Gasteiger partial charge on any atom is 0.147 e. The van der Waals surface area contributed by atoms with E-state index in [-0.39, 0.29) is 0 Å². The highest BCUT2D eigenvalue weighted by molar-refractivity contribution is 5.15. The molecule has 2 nitrogen and oxygen atoms in total. The van der Waals surface area contributed by atoms with E-state index in [1.807, 2.05) is 0 Å². The Kier molecular flexibility index (Phi) is 8.39. The lowest BCUT2D eigenvalue weighted by Crippen LogP contribution is -2.01. The van der Waals surface area contributed by atoms with Crippen LogP contribution in [0.3, 0.4) is 0 Å². The van der Waals surface area contributed by atoms with Crippen LogP contribution < -0.4 is 0 Å². The van der Waals surface area contributed by atoms with Gasteiger partial charge in [-0.05, 0) is 12.5 Å². The number of aliphatic hydroxyl groups excluding tert-OH is 1. The predicted molar refractivity (Wildman–Crippen MR) is 76.4 cm³/mol. The van der Waals surface area contributed by atoms with Crippen LogP contribution in [0.25, 0.3) is 0 Å². The Bertz CT molecular complexity index is 343. The minimum Gasteiger partial charge on any atom is -0.388 e. The summed E-state index contributed by atoms with van der Waals surface area (Å²) in [6.45, 7) is 2.22. The van der Waals surface area contributed by atoms with Gasteiger partial charge in [0.15, 0.2) is 0 Å². The third-order valence-electron chi connectivity index (χ3n) is 3.49. The lowest BCUT2D eigenvalue weighted by atomic mass is 10.0. The van der Waals surface area contributed by atoms with Crippen LogP contribution in [0.5, 0.6) is 0 Å². The zero-order valence-electron chi connectivity index (χ0n) is 11.9. The van der Waals surface area contributed by atoms with Crippen LogP contribution in [0.2, 0.25) is 0 Å². The molecule has 1 atom stereocenters. The summed E-state index contributed by atoms with van der Waals surface area (Å²) in [4.78, 5) is 3.69. The van der Waals surface area contributed by atoms with Crippen molar-refractivity contribution in [2.45, 2.75) is 70.8 Å². The molecule has 1 unspecified atom stereocenters. The molecule has 3 heteroatoms. The Labute approximate surface area is 116 Å². The number of pyridine rings is 1. The molecule has 19 heavy (non-hydrogen) atoms. The van der Waals surface area contributed by atoms with Gasteiger partial charge in [-0.25, -0.2) is 4.39 Å². The smallest absolute Gasteiger partial charge is 0.147 e. The van der Waals surface area contributed by atoms with Gasteiger partial charge in [-0.3, -0.25) is 4.98 Å². The third kappa shape index (κ3) is 6.67. The molecule has 0 saturated carbocycles. The van der Waals surface area contributed by atoms with Crippen molar-refractivity contribution < 1.29 is 9.50 Å². The molecular formula is C16H26FNO. The lowest BCUT2D eigenvalue weighted by molar-refractivity contribution is 0.158. The molecule has 0 aromatic carbocycles. The molecular weight excluding hydrogens is 241 g/mol. The van der Waals surface area contributed by atoms with Crippen LogP contribution in [0.1, 0.15) is 76.4 Å². The molecule has 0 radical (unpaired) electrons. The average Bonchev–Trinajstić information content (AvgIpc) is 2.42. The molecule has 0 saturated heterocycles. The largest absolute Gasteiger partial charge is 0.388 e. The van der Waals surface area contributed by atoms with Gasteiger partial charge in [-0.1, -0.05) is 58.3 Å². The van der Waals surface area contributed by atoms with E-state index in [0.717, 1.165) is 19.0 Å². The van der Waals surface area contributed by atoms with Gasteiger partial charge in [-0.15, -0.1) is 0 Å². The zero-order valence-corrected chi connectivity index (χ0v) is 11.9. The number of aromatic nitrogens is 1. The van der Waals surface area contributed by atoms with Crippen molar-refractivity contribution in [2.24, 2.45) is 0 Å². The second-order valence-corrected chi connectivity index (χ2v) is 5.18. The van der Waals surface area contributed by atoms with Gasteiger partial charge in [0, 0.05) is 11.8 Å². The van der Waals surface area contributed by atoms with Crippen molar-refractivity contribution in [3.63, 3.8) is 0 Å². The van der Waals surface area contributed by atoms with E-state index in [1.165, 1.54) is 44.7 Å². The Hall–Kier alpha value is -0.960. The van der Waals surface area contributed by atoms with Gasteiger partial charge in [0.05, 0.1) is 12.3 Å². The average molecular weight is 267 g/mol. The SMILES string of the molecule is CCCCCCCCCCC(O)c1ccncc1F. The van der Waals surface area contributed by atoms with Crippen molar-refractivity contribution in [3.05, 3.63) is 29.8 Å². The number of aliphatic hydroxyl groups is 1. The maximum atomic E-state index is 13.4. The number of rotatable bonds is 10. The number of unbranched alkanes of at least 4 members (excludes halogenated alkanes) is 7. The second kappa shape index (κ2) is 9.90. The van der Waals surface area contributed by atoms with Crippen LogP contribution >= 0.6 is 0 Å². The van der Waals surface area contributed by atoms with Crippen molar-refractivity contribution in [2.75, 3.05) is 0 Å². The standard InChI is InChI=1S/C16H26FNO/c1-2-3-4-5-6-7-8-9-10-16(19)14-11-12-18-13-15(14)17/h11-13,16,19H,2-10H2,1H3. The monoisotopic (exact) mass is 267 g/mol. The van der Waals surface area contributed by atoms with Crippen molar-refractivity contribution in [3.8, 4) is 0 Å². The molecule has 0 amide bonds. The maximum absolute atomic E-state index is 13.4. The second-order valence-electron chi connectivity index (χ2n) is 5.18. The molecule has 0 aliphatic rings. The summed E-state index contributed by atoms with van der Waals surface area (Å²) in [5, 5.41) is 9.91. The molecule has 1 aromatic heterocycles. The van der Waals surface area contributed by atoms with Gasteiger partial charge in [-0.2, -0.15) is 0 Å². The molecule has 1 aromatic rings. The molecule has 1 N–H and O–H groups in total. The van der Waals surface area contributed by atoms with Crippen LogP contribution in [-0.2, 0) is 0 Å². The minimum atomic E-state index is -0.692. The molecule has 1 heterocycles. The first kappa shape index (κ1) is 16.1. The van der Waals surface area contributed by atoms with E-state index in [1.54, 1.807) is 6.07 Å². The van der Waals surface area contributed by atoms with Crippen molar-refractivity contribution >= 4 is 0 Å².